The topological polar surface area (TPSA) is 64.3 Å². The highest BCUT2D eigenvalue weighted by Crippen LogP contribution is 2.31. The van der Waals surface area contributed by atoms with E-state index in [1.54, 1.807) is 12.1 Å². The molecule has 19 heavy (non-hydrogen) atoms. The molecule has 0 amide bonds. The van der Waals surface area contributed by atoms with Crippen LogP contribution in [0.2, 0.25) is 0 Å². The zero-order valence-electron chi connectivity index (χ0n) is 11.3. The van der Waals surface area contributed by atoms with E-state index in [0.717, 1.165) is 10.9 Å². The third-order valence-electron chi connectivity index (χ3n) is 3.55. The molecule has 0 bridgehead atoms. The van der Waals surface area contributed by atoms with Crippen LogP contribution in [-0.4, -0.2) is 30.6 Å². The smallest absolute Gasteiger partial charge is 0.337 e. The number of nitrogens with two attached hydrogens (primary N) is 1. The van der Waals surface area contributed by atoms with Gasteiger partial charge in [-0.2, -0.15) is 11.8 Å². The number of carbonyl (C=O) groups is 1. The average Bonchev–Trinajstić information content (AvgIpc) is 2.88. The molecule has 2 rings (SSSR count). The Bertz CT molecular complexity index is 465. The van der Waals surface area contributed by atoms with Crippen LogP contribution in [0.3, 0.4) is 0 Å². The van der Waals surface area contributed by atoms with Gasteiger partial charge in [-0.05, 0) is 43.7 Å². The number of rotatable bonds is 4. The van der Waals surface area contributed by atoms with Crippen LogP contribution in [0.25, 0.3) is 0 Å². The highest BCUT2D eigenvalue weighted by molar-refractivity contribution is 7.99. The first-order valence-corrected chi connectivity index (χ1v) is 7.70. The third kappa shape index (κ3) is 3.35. The Labute approximate surface area is 118 Å². The minimum absolute atomic E-state index is 0.360. The van der Waals surface area contributed by atoms with E-state index in [-0.39, 0.29) is 5.97 Å². The molecule has 0 aliphatic heterocycles. The van der Waals surface area contributed by atoms with Crippen molar-refractivity contribution in [1.82, 2.24) is 0 Å². The van der Waals surface area contributed by atoms with Crippen molar-refractivity contribution >= 4 is 29.1 Å². The Morgan fingerprint density at radius 2 is 2.26 bits per heavy atom. The van der Waals surface area contributed by atoms with Gasteiger partial charge in [0.15, 0.2) is 0 Å². The Morgan fingerprint density at radius 1 is 1.47 bits per heavy atom. The highest BCUT2D eigenvalue weighted by Gasteiger charge is 2.24. The molecule has 0 radical (unpaired) electrons. The lowest BCUT2D eigenvalue weighted by Gasteiger charge is -2.16. The molecule has 5 heteroatoms. The molecule has 1 aliphatic carbocycles. The minimum atomic E-state index is -0.360. The van der Waals surface area contributed by atoms with Crippen LogP contribution in [0.5, 0.6) is 0 Å². The predicted molar refractivity (Wildman–Crippen MR) is 80.8 cm³/mol. The Hall–Kier alpha value is -1.36. The maximum absolute atomic E-state index is 11.4. The summed E-state index contributed by atoms with van der Waals surface area (Å²) in [5.74, 6) is -0.360. The molecule has 0 spiro atoms. The van der Waals surface area contributed by atoms with Crippen LogP contribution >= 0.6 is 11.8 Å². The van der Waals surface area contributed by atoms with Gasteiger partial charge in [0, 0.05) is 11.3 Å². The zero-order valence-corrected chi connectivity index (χ0v) is 12.1. The molecule has 4 nitrogen and oxygen atoms in total. The van der Waals surface area contributed by atoms with E-state index < -0.39 is 0 Å². The van der Waals surface area contributed by atoms with E-state index in [2.05, 4.69) is 16.3 Å². The fourth-order valence-corrected chi connectivity index (χ4v) is 3.24. The lowest BCUT2D eigenvalue weighted by molar-refractivity contribution is 0.0601. The molecular weight excluding hydrogens is 260 g/mol. The number of thioether (sulfide) groups is 1. The number of nitrogen functional groups attached to an aromatic ring is 1. The van der Waals surface area contributed by atoms with E-state index in [0.29, 0.717) is 17.3 Å². The van der Waals surface area contributed by atoms with Crippen LogP contribution in [0.1, 0.15) is 29.6 Å². The van der Waals surface area contributed by atoms with Crippen molar-refractivity contribution in [3.63, 3.8) is 0 Å². The predicted octanol–water partition coefficient (Wildman–Crippen LogP) is 2.75. The quantitative estimate of drug-likeness (QED) is 0.656. The molecule has 0 aromatic heterocycles. The van der Waals surface area contributed by atoms with Crippen molar-refractivity contribution < 1.29 is 9.53 Å². The van der Waals surface area contributed by atoms with Gasteiger partial charge in [0.25, 0.3) is 0 Å². The van der Waals surface area contributed by atoms with Crippen molar-refractivity contribution in [3.05, 3.63) is 23.8 Å². The highest BCUT2D eigenvalue weighted by atomic mass is 32.2. The molecule has 1 aliphatic rings. The first kappa shape index (κ1) is 14.1. The largest absolute Gasteiger partial charge is 0.465 e. The summed E-state index contributed by atoms with van der Waals surface area (Å²) in [7, 11) is 1.37. The Kier molecular flexibility index (Phi) is 4.58. The number of carbonyl (C=O) groups excluding carboxylic acids is 1. The number of nitrogens with one attached hydrogen (secondary N) is 1. The van der Waals surface area contributed by atoms with Gasteiger partial charge in [-0.1, -0.05) is 0 Å². The minimum Gasteiger partial charge on any atom is -0.465 e. The van der Waals surface area contributed by atoms with Gasteiger partial charge in [-0.15, -0.1) is 0 Å². The second-order valence-corrected chi connectivity index (χ2v) is 5.94. The van der Waals surface area contributed by atoms with Crippen molar-refractivity contribution in [3.8, 4) is 0 Å². The lowest BCUT2D eigenvalue weighted by Crippen LogP contribution is -2.17. The Morgan fingerprint density at radius 3 is 2.84 bits per heavy atom. The number of hydrogen-bond acceptors (Lipinski definition) is 5. The molecule has 0 saturated heterocycles. The van der Waals surface area contributed by atoms with Gasteiger partial charge in [-0.3, -0.25) is 0 Å². The molecule has 2 atom stereocenters. The van der Waals surface area contributed by atoms with Gasteiger partial charge in [-0.25, -0.2) is 4.79 Å². The first-order valence-electron chi connectivity index (χ1n) is 6.41. The van der Waals surface area contributed by atoms with E-state index in [9.17, 15) is 4.79 Å². The van der Waals surface area contributed by atoms with Crippen molar-refractivity contribution in [2.45, 2.75) is 30.6 Å². The summed E-state index contributed by atoms with van der Waals surface area (Å²) in [6.07, 6.45) is 5.74. The summed E-state index contributed by atoms with van der Waals surface area (Å²) in [6.45, 7) is 0. The average molecular weight is 280 g/mol. The summed E-state index contributed by atoms with van der Waals surface area (Å²) >= 11 is 1.93. The maximum Gasteiger partial charge on any atom is 0.337 e. The number of anilines is 2. The molecular formula is C14H20N2O2S. The summed E-state index contributed by atoms with van der Waals surface area (Å²) in [5, 5.41) is 4.21. The SMILES string of the molecule is COC(=O)c1ccc(NC2CCC(SC)C2)c(N)c1. The third-order valence-corrected chi connectivity index (χ3v) is 4.64. The van der Waals surface area contributed by atoms with E-state index >= 15 is 0 Å². The van der Waals surface area contributed by atoms with Gasteiger partial charge >= 0.3 is 5.97 Å². The number of methoxy groups -OCH3 is 1. The standard InChI is InChI=1S/C14H20N2O2S/c1-18-14(17)9-3-6-13(12(15)7-9)16-10-4-5-11(8-10)19-2/h3,6-7,10-11,16H,4-5,8,15H2,1-2H3. The van der Waals surface area contributed by atoms with Gasteiger partial charge in [0.05, 0.1) is 24.0 Å². The van der Waals surface area contributed by atoms with Crippen molar-refractivity contribution in [2.24, 2.45) is 0 Å². The summed E-state index contributed by atoms with van der Waals surface area (Å²) in [4.78, 5) is 11.4. The Balaban J connectivity index is 2.03. The first-order chi connectivity index (χ1) is 9.13. The maximum atomic E-state index is 11.4. The normalized spacial score (nSPS) is 22.2. The van der Waals surface area contributed by atoms with Gasteiger partial charge < -0.3 is 15.8 Å². The monoisotopic (exact) mass is 280 g/mol. The second kappa shape index (κ2) is 6.19. The molecule has 3 N–H and O–H groups in total. The molecule has 1 aromatic rings. The fourth-order valence-electron chi connectivity index (χ4n) is 2.44. The fraction of sp³-hybridized carbons (Fsp3) is 0.500. The van der Waals surface area contributed by atoms with Crippen molar-refractivity contribution in [1.29, 1.82) is 0 Å². The molecule has 0 heterocycles. The van der Waals surface area contributed by atoms with Crippen LogP contribution in [0.15, 0.2) is 18.2 Å². The molecule has 1 saturated carbocycles. The van der Waals surface area contributed by atoms with Gasteiger partial charge in [0.1, 0.15) is 0 Å². The number of benzene rings is 1. The number of ether oxygens (including phenoxy) is 1. The van der Waals surface area contributed by atoms with Crippen LogP contribution in [-0.2, 0) is 4.74 Å². The number of esters is 1. The molecule has 1 fully saturated rings. The van der Waals surface area contributed by atoms with Gasteiger partial charge in [0.2, 0.25) is 0 Å². The van der Waals surface area contributed by atoms with Crippen LogP contribution in [0.4, 0.5) is 11.4 Å². The second-order valence-electron chi connectivity index (χ2n) is 4.81. The molecule has 1 aromatic carbocycles. The van der Waals surface area contributed by atoms with E-state index in [1.807, 2.05) is 17.8 Å². The molecule has 2 unspecified atom stereocenters. The molecule has 104 valence electrons. The van der Waals surface area contributed by atoms with Crippen LogP contribution < -0.4 is 11.1 Å². The lowest BCUT2D eigenvalue weighted by atomic mass is 10.1. The number of hydrogen-bond donors (Lipinski definition) is 2. The summed E-state index contributed by atoms with van der Waals surface area (Å²) in [5.41, 5.74) is 7.96. The summed E-state index contributed by atoms with van der Waals surface area (Å²) in [6, 6.07) is 5.73. The van der Waals surface area contributed by atoms with Crippen LogP contribution in [0, 0.1) is 0 Å². The van der Waals surface area contributed by atoms with E-state index in [1.165, 1.54) is 26.4 Å². The van der Waals surface area contributed by atoms with E-state index in [4.69, 9.17) is 5.73 Å². The summed E-state index contributed by atoms with van der Waals surface area (Å²) < 4.78 is 4.68. The zero-order chi connectivity index (χ0) is 13.8. The van der Waals surface area contributed by atoms with Crippen molar-refractivity contribution in [2.75, 3.05) is 24.4 Å².